The fourth-order valence-corrected chi connectivity index (χ4v) is 2.84. The summed E-state index contributed by atoms with van der Waals surface area (Å²) in [5.74, 6) is 0.671. The van der Waals surface area contributed by atoms with Crippen LogP contribution in [0.25, 0.3) is 0 Å². The highest BCUT2D eigenvalue weighted by Crippen LogP contribution is 2.31. The SMILES string of the molecule is CNC(C)c1ccc(OC2CCCCCC2O)c(Cl)c1. The van der Waals surface area contributed by atoms with Crippen molar-refractivity contribution in [1.82, 2.24) is 5.32 Å². The lowest BCUT2D eigenvalue weighted by Gasteiger charge is -2.23. The van der Waals surface area contributed by atoms with E-state index >= 15 is 0 Å². The molecule has 1 fully saturated rings. The zero-order chi connectivity index (χ0) is 14.5. The van der Waals surface area contributed by atoms with Crippen LogP contribution in [0.15, 0.2) is 18.2 Å². The zero-order valence-electron chi connectivity index (χ0n) is 12.2. The van der Waals surface area contributed by atoms with E-state index < -0.39 is 0 Å². The molecule has 112 valence electrons. The quantitative estimate of drug-likeness (QED) is 0.833. The normalized spacial score (nSPS) is 25.0. The summed E-state index contributed by atoms with van der Waals surface area (Å²) < 4.78 is 5.94. The van der Waals surface area contributed by atoms with Crippen LogP contribution in [0.4, 0.5) is 0 Å². The summed E-state index contributed by atoms with van der Waals surface area (Å²) in [5.41, 5.74) is 1.13. The minimum Gasteiger partial charge on any atom is -0.486 e. The van der Waals surface area contributed by atoms with Crippen molar-refractivity contribution < 1.29 is 9.84 Å². The molecule has 2 rings (SSSR count). The maximum absolute atomic E-state index is 10.1. The van der Waals surface area contributed by atoms with Crippen molar-refractivity contribution in [2.24, 2.45) is 0 Å². The standard InChI is InChI=1S/C16H24ClNO2/c1-11(18-2)12-8-9-15(13(17)10-12)20-16-7-5-3-4-6-14(16)19/h8-11,14,16,18-19H,3-7H2,1-2H3. The first-order valence-corrected chi connectivity index (χ1v) is 7.81. The van der Waals surface area contributed by atoms with Crippen molar-refractivity contribution in [3.8, 4) is 5.75 Å². The molecule has 3 nitrogen and oxygen atoms in total. The summed E-state index contributed by atoms with van der Waals surface area (Å²) in [4.78, 5) is 0. The molecule has 0 saturated heterocycles. The molecule has 1 aliphatic rings. The van der Waals surface area contributed by atoms with Crippen LogP contribution >= 0.6 is 11.6 Å². The Labute approximate surface area is 126 Å². The topological polar surface area (TPSA) is 41.5 Å². The van der Waals surface area contributed by atoms with Crippen molar-refractivity contribution in [3.63, 3.8) is 0 Å². The van der Waals surface area contributed by atoms with Gasteiger partial charge in [0.25, 0.3) is 0 Å². The van der Waals surface area contributed by atoms with E-state index in [0.717, 1.165) is 31.2 Å². The third kappa shape index (κ3) is 3.87. The van der Waals surface area contributed by atoms with Gasteiger partial charge in [0.2, 0.25) is 0 Å². The average Bonchev–Trinajstić information content (AvgIpc) is 2.65. The number of benzene rings is 1. The zero-order valence-corrected chi connectivity index (χ0v) is 13.0. The van der Waals surface area contributed by atoms with Crippen LogP contribution in [0, 0.1) is 0 Å². The van der Waals surface area contributed by atoms with Crippen LogP contribution in [0.1, 0.15) is 50.6 Å². The molecule has 4 heteroatoms. The fraction of sp³-hybridized carbons (Fsp3) is 0.625. The number of hydrogen-bond donors (Lipinski definition) is 2. The minimum absolute atomic E-state index is 0.137. The first-order chi connectivity index (χ1) is 9.61. The highest BCUT2D eigenvalue weighted by molar-refractivity contribution is 6.32. The van der Waals surface area contributed by atoms with E-state index in [2.05, 4.69) is 12.2 Å². The molecule has 1 aromatic carbocycles. The summed E-state index contributed by atoms with van der Waals surface area (Å²) >= 11 is 6.30. The van der Waals surface area contributed by atoms with Crippen LogP contribution in [0.2, 0.25) is 5.02 Å². The Kier molecular flexibility index (Phi) is 5.70. The molecule has 0 spiro atoms. The molecule has 3 unspecified atom stereocenters. The average molecular weight is 298 g/mol. The molecule has 1 aromatic rings. The Balaban J connectivity index is 2.08. The van der Waals surface area contributed by atoms with Gasteiger partial charge < -0.3 is 15.2 Å². The number of rotatable bonds is 4. The molecular formula is C16H24ClNO2. The number of aliphatic hydroxyl groups excluding tert-OH is 1. The predicted octanol–water partition coefficient (Wildman–Crippen LogP) is 3.69. The first-order valence-electron chi connectivity index (χ1n) is 7.43. The number of hydrogen-bond acceptors (Lipinski definition) is 3. The molecular weight excluding hydrogens is 274 g/mol. The molecule has 3 atom stereocenters. The first kappa shape index (κ1) is 15.6. The molecule has 0 aliphatic heterocycles. The summed E-state index contributed by atoms with van der Waals surface area (Å²) in [6.07, 6.45) is 4.54. The second-order valence-electron chi connectivity index (χ2n) is 5.56. The minimum atomic E-state index is -0.385. The van der Waals surface area contributed by atoms with Gasteiger partial charge >= 0.3 is 0 Å². The third-order valence-electron chi connectivity index (χ3n) is 4.08. The molecule has 0 aromatic heterocycles. The molecule has 0 radical (unpaired) electrons. The molecule has 0 amide bonds. The third-order valence-corrected chi connectivity index (χ3v) is 4.38. The largest absolute Gasteiger partial charge is 0.486 e. The Morgan fingerprint density at radius 2 is 2.05 bits per heavy atom. The second kappa shape index (κ2) is 7.30. The van der Waals surface area contributed by atoms with Gasteiger partial charge in [-0.2, -0.15) is 0 Å². The van der Waals surface area contributed by atoms with Crippen LogP contribution in [-0.4, -0.2) is 24.4 Å². The van der Waals surface area contributed by atoms with Crippen molar-refractivity contribution >= 4 is 11.6 Å². The number of nitrogens with one attached hydrogen (secondary N) is 1. The van der Waals surface area contributed by atoms with Gasteiger partial charge in [0.15, 0.2) is 0 Å². The van der Waals surface area contributed by atoms with Crippen LogP contribution < -0.4 is 10.1 Å². The smallest absolute Gasteiger partial charge is 0.138 e. The van der Waals surface area contributed by atoms with E-state index in [9.17, 15) is 5.11 Å². The van der Waals surface area contributed by atoms with E-state index in [4.69, 9.17) is 16.3 Å². The van der Waals surface area contributed by atoms with E-state index in [-0.39, 0.29) is 18.2 Å². The fourth-order valence-electron chi connectivity index (χ4n) is 2.60. The van der Waals surface area contributed by atoms with Crippen molar-refractivity contribution in [2.45, 2.75) is 57.3 Å². The number of halogens is 1. The maximum Gasteiger partial charge on any atom is 0.138 e. The van der Waals surface area contributed by atoms with E-state index in [1.165, 1.54) is 6.42 Å². The van der Waals surface area contributed by atoms with Gasteiger partial charge in [0, 0.05) is 6.04 Å². The summed E-state index contributed by atoms with van der Waals surface area (Å²) in [5, 5.41) is 13.9. The van der Waals surface area contributed by atoms with Crippen molar-refractivity contribution in [2.75, 3.05) is 7.05 Å². The Morgan fingerprint density at radius 3 is 2.75 bits per heavy atom. The van der Waals surface area contributed by atoms with E-state index in [1.807, 2.05) is 25.2 Å². The number of aliphatic hydroxyl groups is 1. The van der Waals surface area contributed by atoms with Crippen LogP contribution in [0.3, 0.4) is 0 Å². The lowest BCUT2D eigenvalue weighted by Crippen LogP contribution is -2.30. The molecule has 0 bridgehead atoms. The lowest BCUT2D eigenvalue weighted by molar-refractivity contribution is 0.0320. The highest BCUT2D eigenvalue weighted by atomic mass is 35.5. The van der Waals surface area contributed by atoms with Gasteiger partial charge in [-0.3, -0.25) is 0 Å². The highest BCUT2D eigenvalue weighted by Gasteiger charge is 2.24. The van der Waals surface area contributed by atoms with Crippen molar-refractivity contribution in [1.29, 1.82) is 0 Å². The number of ether oxygens (including phenoxy) is 1. The van der Waals surface area contributed by atoms with Gasteiger partial charge in [-0.25, -0.2) is 0 Å². The van der Waals surface area contributed by atoms with Gasteiger partial charge in [-0.05, 0) is 50.9 Å². The lowest BCUT2D eigenvalue weighted by atomic mass is 10.1. The van der Waals surface area contributed by atoms with Crippen LogP contribution in [-0.2, 0) is 0 Å². The van der Waals surface area contributed by atoms with Gasteiger partial charge in [0.05, 0.1) is 11.1 Å². The van der Waals surface area contributed by atoms with Gasteiger partial charge in [0.1, 0.15) is 11.9 Å². The van der Waals surface area contributed by atoms with Crippen molar-refractivity contribution in [3.05, 3.63) is 28.8 Å². The second-order valence-corrected chi connectivity index (χ2v) is 5.97. The molecule has 20 heavy (non-hydrogen) atoms. The summed E-state index contributed by atoms with van der Waals surface area (Å²) in [7, 11) is 1.92. The monoisotopic (exact) mass is 297 g/mol. The maximum atomic E-state index is 10.1. The Morgan fingerprint density at radius 1 is 1.30 bits per heavy atom. The summed E-state index contributed by atoms with van der Waals surface area (Å²) in [6.45, 7) is 2.08. The van der Waals surface area contributed by atoms with E-state index in [1.54, 1.807) is 0 Å². The van der Waals surface area contributed by atoms with Crippen LogP contribution in [0.5, 0.6) is 5.75 Å². The Hall–Kier alpha value is -0.770. The molecule has 1 aliphatic carbocycles. The molecule has 0 heterocycles. The predicted molar refractivity (Wildman–Crippen MR) is 82.4 cm³/mol. The Bertz CT molecular complexity index is 438. The molecule has 1 saturated carbocycles. The van der Waals surface area contributed by atoms with Gasteiger partial charge in [-0.15, -0.1) is 0 Å². The van der Waals surface area contributed by atoms with Gasteiger partial charge in [-0.1, -0.05) is 30.5 Å². The van der Waals surface area contributed by atoms with E-state index in [0.29, 0.717) is 10.8 Å². The molecule has 2 N–H and O–H groups in total. The summed E-state index contributed by atoms with van der Waals surface area (Å²) in [6, 6.07) is 6.11.